The van der Waals surface area contributed by atoms with Crippen molar-refractivity contribution in [3.05, 3.63) is 53.6 Å². The number of hydrogen-bond acceptors (Lipinski definition) is 4. The molecule has 0 amide bonds. The van der Waals surface area contributed by atoms with Gasteiger partial charge in [0.1, 0.15) is 6.61 Å². The van der Waals surface area contributed by atoms with Gasteiger partial charge in [-0.05, 0) is 36.2 Å². The van der Waals surface area contributed by atoms with E-state index in [0.717, 1.165) is 17.5 Å². The summed E-state index contributed by atoms with van der Waals surface area (Å²) in [6.07, 6.45) is 0.766. The summed E-state index contributed by atoms with van der Waals surface area (Å²) in [5.74, 6) is 1.94. The van der Waals surface area contributed by atoms with Gasteiger partial charge in [0.15, 0.2) is 11.5 Å². The normalized spacial score (nSPS) is 9.77. The second-order valence-electron chi connectivity index (χ2n) is 4.64. The fourth-order valence-electron chi connectivity index (χ4n) is 2.14. The van der Waals surface area contributed by atoms with Crippen LogP contribution in [0.3, 0.4) is 0 Å². The number of methoxy groups -OCH3 is 2. The third-order valence-corrected chi connectivity index (χ3v) is 3.17. The molecule has 0 saturated heterocycles. The fraction of sp³-hybridized carbons (Fsp3) is 0.294. The molecule has 2 aromatic rings. The van der Waals surface area contributed by atoms with Crippen molar-refractivity contribution in [1.29, 1.82) is 0 Å². The van der Waals surface area contributed by atoms with E-state index in [1.165, 1.54) is 0 Å². The third kappa shape index (κ3) is 4.55. The standard InChI is InChI=1S/C17H21NO3.ClH/c1-19-15-10-14(8-9-18)11-16(17(15)20-2)21-12-13-6-4-3-5-7-13;/h3-7,10-11H,8-9,12,18H2,1-2H3;1H. The Hall–Kier alpha value is -1.91. The number of rotatable bonds is 7. The zero-order chi connectivity index (χ0) is 15.1. The largest absolute Gasteiger partial charge is 0.493 e. The van der Waals surface area contributed by atoms with Crippen LogP contribution >= 0.6 is 12.4 Å². The Bertz CT molecular complexity index is 576. The first kappa shape index (κ1) is 18.1. The van der Waals surface area contributed by atoms with Crippen LogP contribution < -0.4 is 19.9 Å². The molecule has 0 aromatic heterocycles. The summed E-state index contributed by atoms with van der Waals surface area (Å²) in [5, 5.41) is 0. The van der Waals surface area contributed by atoms with Crippen molar-refractivity contribution in [3.8, 4) is 17.2 Å². The van der Waals surface area contributed by atoms with Crippen LogP contribution in [0.15, 0.2) is 42.5 Å². The second-order valence-corrected chi connectivity index (χ2v) is 4.64. The van der Waals surface area contributed by atoms with E-state index in [0.29, 0.717) is 30.4 Å². The van der Waals surface area contributed by atoms with E-state index >= 15 is 0 Å². The van der Waals surface area contributed by atoms with E-state index in [1.807, 2.05) is 42.5 Å². The lowest BCUT2D eigenvalue weighted by Gasteiger charge is -2.15. The van der Waals surface area contributed by atoms with Crippen molar-refractivity contribution in [1.82, 2.24) is 0 Å². The molecular weight excluding hydrogens is 302 g/mol. The van der Waals surface area contributed by atoms with Gasteiger partial charge in [0.25, 0.3) is 0 Å². The molecule has 0 aliphatic carbocycles. The van der Waals surface area contributed by atoms with Gasteiger partial charge in [-0.15, -0.1) is 12.4 Å². The molecule has 2 N–H and O–H groups in total. The maximum Gasteiger partial charge on any atom is 0.203 e. The Kier molecular flexibility index (Phi) is 7.57. The van der Waals surface area contributed by atoms with Crippen LogP contribution in [0.5, 0.6) is 17.2 Å². The number of halogens is 1. The predicted octanol–water partition coefficient (Wildman–Crippen LogP) is 3.21. The van der Waals surface area contributed by atoms with E-state index in [9.17, 15) is 0 Å². The van der Waals surface area contributed by atoms with Crippen molar-refractivity contribution < 1.29 is 14.2 Å². The molecule has 22 heavy (non-hydrogen) atoms. The number of benzene rings is 2. The summed E-state index contributed by atoms with van der Waals surface area (Å²) in [7, 11) is 3.22. The van der Waals surface area contributed by atoms with Gasteiger partial charge < -0.3 is 19.9 Å². The minimum absolute atomic E-state index is 0. The maximum absolute atomic E-state index is 5.90. The van der Waals surface area contributed by atoms with Crippen LogP contribution in [0.2, 0.25) is 0 Å². The molecule has 0 aliphatic rings. The molecule has 0 saturated carbocycles. The molecule has 2 aromatic carbocycles. The lowest BCUT2D eigenvalue weighted by Crippen LogP contribution is -2.05. The molecule has 2 rings (SSSR count). The minimum atomic E-state index is 0. The van der Waals surface area contributed by atoms with Gasteiger partial charge in [0, 0.05) is 0 Å². The first-order chi connectivity index (χ1) is 10.3. The van der Waals surface area contributed by atoms with Crippen LogP contribution in [-0.2, 0) is 13.0 Å². The van der Waals surface area contributed by atoms with Gasteiger partial charge in [0.05, 0.1) is 14.2 Å². The van der Waals surface area contributed by atoms with Gasteiger partial charge in [-0.1, -0.05) is 30.3 Å². The maximum atomic E-state index is 5.90. The summed E-state index contributed by atoms with van der Waals surface area (Å²) >= 11 is 0. The Morgan fingerprint density at radius 1 is 0.909 bits per heavy atom. The lowest BCUT2D eigenvalue weighted by atomic mass is 10.1. The molecule has 0 atom stereocenters. The van der Waals surface area contributed by atoms with Crippen molar-refractivity contribution >= 4 is 12.4 Å². The first-order valence-electron chi connectivity index (χ1n) is 6.90. The number of hydrogen-bond donors (Lipinski definition) is 1. The Morgan fingerprint density at radius 3 is 2.18 bits per heavy atom. The average molecular weight is 324 g/mol. The van der Waals surface area contributed by atoms with Gasteiger partial charge in [-0.3, -0.25) is 0 Å². The quantitative estimate of drug-likeness (QED) is 0.850. The first-order valence-corrected chi connectivity index (χ1v) is 6.90. The highest BCUT2D eigenvalue weighted by atomic mass is 35.5. The Labute approximate surface area is 137 Å². The van der Waals surface area contributed by atoms with E-state index in [4.69, 9.17) is 19.9 Å². The molecular formula is C17H22ClNO3. The average Bonchev–Trinajstić information content (AvgIpc) is 2.53. The molecule has 5 heteroatoms. The molecule has 0 aliphatic heterocycles. The number of nitrogens with two attached hydrogens (primary N) is 1. The summed E-state index contributed by atoms with van der Waals surface area (Å²) < 4.78 is 16.7. The molecule has 0 bridgehead atoms. The van der Waals surface area contributed by atoms with Crippen LogP contribution in [0.1, 0.15) is 11.1 Å². The van der Waals surface area contributed by atoms with Crippen LogP contribution in [0.4, 0.5) is 0 Å². The van der Waals surface area contributed by atoms with Crippen LogP contribution in [-0.4, -0.2) is 20.8 Å². The highest BCUT2D eigenvalue weighted by Gasteiger charge is 2.13. The molecule has 0 unspecified atom stereocenters. The van der Waals surface area contributed by atoms with Crippen LogP contribution in [0.25, 0.3) is 0 Å². The zero-order valence-corrected chi connectivity index (χ0v) is 13.7. The van der Waals surface area contributed by atoms with Crippen molar-refractivity contribution in [2.24, 2.45) is 5.73 Å². The lowest BCUT2D eigenvalue weighted by molar-refractivity contribution is 0.275. The Morgan fingerprint density at radius 2 is 1.59 bits per heavy atom. The zero-order valence-electron chi connectivity index (χ0n) is 12.9. The molecule has 0 fully saturated rings. The second kappa shape index (κ2) is 9.18. The monoisotopic (exact) mass is 323 g/mol. The molecule has 4 nitrogen and oxygen atoms in total. The highest BCUT2D eigenvalue weighted by Crippen LogP contribution is 2.38. The van der Waals surface area contributed by atoms with Crippen molar-refractivity contribution in [3.63, 3.8) is 0 Å². The Balaban J connectivity index is 0.00000242. The van der Waals surface area contributed by atoms with Gasteiger partial charge in [0.2, 0.25) is 5.75 Å². The molecule has 0 spiro atoms. The predicted molar refractivity (Wildman–Crippen MR) is 90.3 cm³/mol. The molecule has 0 heterocycles. The molecule has 120 valence electrons. The fourth-order valence-corrected chi connectivity index (χ4v) is 2.14. The topological polar surface area (TPSA) is 53.7 Å². The highest BCUT2D eigenvalue weighted by molar-refractivity contribution is 5.85. The summed E-state index contributed by atoms with van der Waals surface area (Å²) in [4.78, 5) is 0. The van der Waals surface area contributed by atoms with E-state index in [1.54, 1.807) is 14.2 Å². The van der Waals surface area contributed by atoms with Crippen molar-refractivity contribution in [2.75, 3.05) is 20.8 Å². The van der Waals surface area contributed by atoms with E-state index in [2.05, 4.69) is 0 Å². The minimum Gasteiger partial charge on any atom is -0.493 e. The van der Waals surface area contributed by atoms with E-state index in [-0.39, 0.29) is 12.4 Å². The summed E-state index contributed by atoms with van der Waals surface area (Å²) in [6.45, 7) is 1.06. The smallest absolute Gasteiger partial charge is 0.203 e. The summed E-state index contributed by atoms with van der Waals surface area (Å²) in [6, 6.07) is 13.9. The van der Waals surface area contributed by atoms with E-state index < -0.39 is 0 Å². The van der Waals surface area contributed by atoms with Crippen LogP contribution in [0, 0.1) is 0 Å². The summed E-state index contributed by atoms with van der Waals surface area (Å²) in [5.41, 5.74) is 7.79. The van der Waals surface area contributed by atoms with Crippen molar-refractivity contribution in [2.45, 2.75) is 13.0 Å². The third-order valence-electron chi connectivity index (χ3n) is 3.17. The van der Waals surface area contributed by atoms with Gasteiger partial charge in [-0.2, -0.15) is 0 Å². The SMILES string of the molecule is COc1cc(CCN)cc(OCc2ccccc2)c1OC.Cl. The molecule has 0 radical (unpaired) electrons. The van der Waals surface area contributed by atoms with Gasteiger partial charge in [-0.25, -0.2) is 0 Å². The van der Waals surface area contributed by atoms with Gasteiger partial charge >= 0.3 is 0 Å². The number of ether oxygens (including phenoxy) is 3.